The molecule has 0 aliphatic rings. The Bertz CT molecular complexity index is 698. The Morgan fingerprint density at radius 2 is 1.96 bits per heavy atom. The van der Waals surface area contributed by atoms with Gasteiger partial charge < -0.3 is 15.8 Å². The molecule has 2 atom stereocenters. The van der Waals surface area contributed by atoms with E-state index in [1.54, 1.807) is 32.2 Å². The zero-order valence-corrected chi connectivity index (χ0v) is 14.0. The van der Waals surface area contributed by atoms with E-state index in [-0.39, 0.29) is 17.9 Å². The lowest BCUT2D eigenvalue weighted by atomic mass is 10.0. The van der Waals surface area contributed by atoms with Crippen LogP contribution in [-0.2, 0) is 4.79 Å². The van der Waals surface area contributed by atoms with E-state index in [1.807, 2.05) is 32.0 Å². The van der Waals surface area contributed by atoms with Crippen molar-refractivity contribution >= 4 is 11.6 Å². The van der Waals surface area contributed by atoms with E-state index in [4.69, 9.17) is 10.5 Å². The maximum atomic E-state index is 12.2. The van der Waals surface area contributed by atoms with Gasteiger partial charge in [-0.2, -0.15) is 0 Å². The van der Waals surface area contributed by atoms with Gasteiger partial charge in [0.05, 0.1) is 5.92 Å². The highest BCUT2D eigenvalue weighted by Gasteiger charge is 2.19. The molecule has 0 saturated carbocycles. The van der Waals surface area contributed by atoms with Gasteiger partial charge >= 0.3 is 0 Å². The third kappa shape index (κ3) is 4.07. The van der Waals surface area contributed by atoms with Gasteiger partial charge in [0.1, 0.15) is 11.4 Å². The molecular weight excluding hydrogens is 290 g/mol. The maximum Gasteiger partial charge on any atom is 0.243 e. The van der Waals surface area contributed by atoms with E-state index in [0.717, 1.165) is 16.9 Å². The number of ether oxygens (including phenoxy) is 1. The van der Waals surface area contributed by atoms with Gasteiger partial charge in [-0.3, -0.25) is 4.79 Å². The molecule has 1 amide bonds. The third-order valence-electron chi connectivity index (χ3n) is 3.99. The SMILES string of the molecule is Cc1cccc(Oc2ncccc2NC(=O)C(C)C(C)N)c1C. The number of amides is 1. The number of aryl methyl sites for hydroxylation is 1. The molecule has 23 heavy (non-hydrogen) atoms. The number of nitrogens with one attached hydrogen (secondary N) is 1. The highest BCUT2D eigenvalue weighted by molar-refractivity contribution is 5.93. The summed E-state index contributed by atoms with van der Waals surface area (Å²) in [6.07, 6.45) is 1.63. The van der Waals surface area contributed by atoms with Crippen LogP contribution in [-0.4, -0.2) is 16.9 Å². The van der Waals surface area contributed by atoms with E-state index in [0.29, 0.717) is 11.6 Å². The van der Waals surface area contributed by atoms with Crippen LogP contribution in [0.4, 0.5) is 5.69 Å². The molecule has 1 heterocycles. The second-order valence-corrected chi connectivity index (χ2v) is 5.79. The molecule has 0 aliphatic carbocycles. The Morgan fingerprint density at radius 1 is 1.22 bits per heavy atom. The molecule has 0 spiro atoms. The van der Waals surface area contributed by atoms with Crippen molar-refractivity contribution in [2.45, 2.75) is 33.7 Å². The molecule has 5 heteroatoms. The fourth-order valence-corrected chi connectivity index (χ4v) is 1.99. The first-order valence-corrected chi connectivity index (χ1v) is 7.65. The lowest BCUT2D eigenvalue weighted by molar-refractivity contribution is -0.119. The fourth-order valence-electron chi connectivity index (χ4n) is 1.99. The van der Waals surface area contributed by atoms with Crippen LogP contribution in [0.1, 0.15) is 25.0 Å². The average Bonchev–Trinajstić information content (AvgIpc) is 2.52. The highest BCUT2D eigenvalue weighted by atomic mass is 16.5. The second kappa shape index (κ2) is 7.24. The molecule has 5 nitrogen and oxygen atoms in total. The molecular formula is C18H23N3O2. The average molecular weight is 313 g/mol. The van der Waals surface area contributed by atoms with Crippen LogP contribution >= 0.6 is 0 Å². The van der Waals surface area contributed by atoms with Crippen LogP contribution in [0.2, 0.25) is 0 Å². The minimum Gasteiger partial charge on any atom is -0.437 e. The highest BCUT2D eigenvalue weighted by Crippen LogP contribution is 2.30. The van der Waals surface area contributed by atoms with Crippen LogP contribution in [0.5, 0.6) is 11.6 Å². The number of carbonyl (C=O) groups is 1. The smallest absolute Gasteiger partial charge is 0.243 e. The van der Waals surface area contributed by atoms with Crippen molar-refractivity contribution in [3.63, 3.8) is 0 Å². The second-order valence-electron chi connectivity index (χ2n) is 5.79. The molecule has 0 bridgehead atoms. The van der Waals surface area contributed by atoms with Crippen LogP contribution in [0, 0.1) is 19.8 Å². The minimum atomic E-state index is -0.302. The zero-order valence-electron chi connectivity index (χ0n) is 14.0. The molecule has 0 fully saturated rings. The first-order chi connectivity index (χ1) is 10.9. The largest absolute Gasteiger partial charge is 0.437 e. The summed E-state index contributed by atoms with van der Waals surface area (Å²) < 4.78 is 5.91. The number of aromatic nitrogens is 1. The lowest BCUT2D eigenvalue weighted by Gasteiger charge is -2.17. The van der Waals surface area contributed by atoms with Gasteiger partial charge in [0.2, 0.25) is 11.8 Å². The Balaban J connectivity index is 2.24. The van der Waals surface area contributed by atoms with Crippen molar-refractivity contribution in [2.24, 2.45) is 11.7 Å². The lowest BCUT2D eigenvalue weighted by Crippen LogP contribution is -2.34. The number of nitrogens with two attached hydrogens (primary N) is 1. The maximum absolute atomic E-state index is 12.2. The summed E-state index contributed by atoms with van der Waals surface area (Å²) >= 11 is 0. The van der Waals surface area contributed by atoms with Crippen molar-refractivity contribution < 1.29 is 9.53 Å². The van der Waals surface area contributed by atoms with Gasteiger partial charge in [-0.15, -0.1) is 0 Å². The summed E-state index contributed by atoms with van der Waals surface area (Å²) in [7, 11) is 0. The van der Waals surface area contributed by atoms with Crippen molar-refractivity contribution in [1.29, 1.82) is 0 Å². The Labute approximate surface area is 136 Å². The summed E-state index contributed by atoms with van der Waals surface area (Å²) in [6, 6.07) is 9.12. The predicted molar refractivity (Wildman–Crippen MR) is 91.7 cm³/mol. The van der Waals surface area contributed by atoms with E-state index >= 15 is 0 Å². The number of carbonyl (C=O) groups excluding carboxylic acids is 1. The van der Waals surface area contributed by atoms with Gasteiger partial charge in [0, 0.05) is 12.2 Å². The van der Waals surface area contributed by atoms with Gasteiger partial charge in [-0.1, -0.05) is 19.1 Å². The third-order valence-corrected chi connectivity index (χ3v) is 3.99. The number of hydrogen-bond donors (Lipinski definition) is 2. The van der Waals surface area contributed by atoms with E-state index < -0.39 is 0 Å². The Morgan fingerprint density at radius 3 is 2.65 bits per heavy atom. The topological polar surface area (TPSA) is 77.2 Å². The molecule has 122 valence electrons. The summed E-state index contributed by atoms with van der Waals surface area (Å²) in [5.74, 6) is 0.633. The van der Waals surface area contributed by atoms with Crippen LogP contribution < -0.4 is 15.8 Å². The van der Waals surface area contributed by atoms with E-state index in [2.05, 4.69) is 10.3 Å². The Kier molecular flexibility index (Phi) is 5.34. The van der Waals surface area contributed by atoms with Gasteiger partial charge in [-0.05, 0) is 50.1 Å². The molecule has 2 rings (SSSR count). The van der Waals surface area contributed by atoms with Crippen molar-refractivity contribution in [1.82, 2.24) is 4.98 Å². The summed E-state index contributed by atoms with van der Waals surface area (Å²) in [4.78, 5) is 16.4. The summed E-state index contributed by atoms with van der Waals surface area (Å²) in [6.45, 7) is 7.61. The number of anilines is 1. The van der Waals surface area contributed by atoms with E-state index in [1.165, 1.54) is 0 Å². The van der Waals surface area contributed by atoms with Gasteiger partial charge in [-0.25, -0.2) is 4.98 Å². The molecule has 2 unspecified atom stereocenters. The molecule has 0 aliphatic heterocycles. The number of rotatable bonds is 5. The standard InChI is InChI=1S/C18H23N3O2/c1-11-7-5-9-16(12(11)2)23-18-15(8-6-10-20-18)21-17(22)13(3)14(4)19/h5-10,13-14H,19H2,1-4H3,(H,21,22). The zero-order chi connectivity index (χ0) is 17.0. The van der Waals surface area contributed by atoms with Crippen molar-refractivity contribution in [3.05, 3.63) is 47.7 Å². The number of benzene rings is 1. The quantitative estimate of drug-likeness (QED) is 0.886. The van der Waals surface area contributed by atoms with Crippen LogP contribution in [0.25, 0.3) is 0 Å². The molecule has 3 N–H and O–H groups in total. The normalized spacial score (nSPS) is 13.3. The first kappa shape index (κ1) is 17.0. The summed E-state index contributed by atoms with van der Waals surface area (Å²) in [5.41, 5.74) is 8.49. The van der Waals surface area contributed by atoms with Gasteiger partial charge in [0.25, 0.3) is 0 Å². The molecule has 1 aromatic heterocycles. The predicted octanol–water partition coefficient (Wildman–Crippen LogP) is 3.41. The first-order valence-electron chi connectivity index (χ1n) is 7.65. The van der Waals surface area contributed by atoms with E-state index in [9.17, 15) is 4.79 Å². The monoisotopic (exact) mass is 313 g/mol. The van der Waals surface area contributed by atoms with Crippen molar-refractivity contribution in [2.75, 3.05) is 5.32 Å². The fraction of sp³-hybridized carbons (Fsp3) is 0.333. The summed E-state index contributed by atoms with van der Waals surface area (Å²) in [5, 5.41) is 2.84. The molecule has 2 aromatic rings. The van der Waals surface area contributed by atoms with Crippen LogP contribution in [0.15, 0.2) is 36.5 Å². The Hall–Kier alpha value is -2.40. The number of hydrogen-bond acceptors (Lipinski definition) is 4. The molecule has 0 radical (unpaired) electrons. The van der Waals surface area contributed by atoms with Gasteiger partial charge in [0.15, 0.2) is 0 Å². The molecule has 0 saturated heterocycles. The van der Waals surface area contributed by atoms with Crippen molar-refractivity contribution in [3.8, 4) is 11.6 Å². The number of pyridine rings is 1. The number of nitrogens with zero attached hydrogens (tertiary/aromatic N) is 1. The minimum absolute atomic E-state index is 0.154. The van der Waals surface area contributed by atoms with Crippen LogP contribution in [0.3, 0.4) is 0 Å². The molecule has 1 aromatic carbocycles.